The third kappa shape index (κ3) is 1.86. The van der Waals surface area contributed by atoms with E-state index in [-0.39, 0.29) is 0 Å². The van der Waals surface area contributed by atoms with Crippen LogP contribution in [-0.2, 0) is 0 Å². The Labute approximate surface area is 98.7 Å². The van der Waals surface area contributed by atoms with E-state index in [1.165, 1.54) is 19.3 Å². The lowest BCUT2D eigenvalue weighted by Gasteiger charge is -2.45. The number of nitriles is 1. The summed E-state index contributed by atoms with van der Waals surface area (Å²) in [4.78, 5) is 0. The molecule has 0 heterocycles. The van der Waals surface area contributed by atoms with Crippen molar-refractivity contribution in [2.75, 3.05) is 0 Å². The first-order chi connectivity index (χ1) is 7.54. The molecule has 2 aliphatic rings. The molecule has 2 saturated carbocycles. The summed E-state index contributed by atoms with van der Waals surface area (Å²) < 4.78 is 0. The van der Waals surface area contributed by atoms with E-state index in [2.05, 4.69) is 6.07 Å². The molecule has 2 heteroatoms. The Balaban J connectivity index is 2.13. The van der Waals surface area contributed by atoms with E-state index in [0.29, 0.717) is 5.92 Å². The summed E-state index contributed by atoms with van der Waals surface area (Å²) in [6.07, 6.45) is 7.46. The minimum Gasteiger partial charge on any atom is -0.388 e. The molecule has 90 valence electrons. The monoisotopic (exact) mass is 221 g/mol. The predicted molar refractivity (Wildman–Crippen MR) is 63.6 cm³/mol. The quantitative estimate of drug-likeness (QED) is 0.795. The van der Waals surface area contributed by atoms with Crippen LogP contribution in [0.25, 0.3) is 0 Å². The third-order valence-corrected chi connectivity index (χ3v) is 5.03. The molecule has 3 unspecified atom stereocenters. The van der Waals surface area contributed by atoms with Crippen LogP contribution in [0, 0.1) is 28.6 Å². The maximum atomic E-state index is 10.8. The standard InChI is InChI=1S/C14H23NO/c1-3-13(2,10-15)14(16)8-4-5-12(9-14)11-6-7-11/h11-12,16H,3-9H2,1-2H3. The Morgan fingerprint density at radius 1 is 1.38 bits per heavy atom. The third-order valence-electron chi connectivity index (χ3n) is 5.03. The molecule has 2 fully saturated rings. The van der Waals surface area contributed by atoms with Gasteiger partial charge in [-0.3, -0.25) is 0 Å². The van der Waals surface area contributed by atoms with Gasteiger partial charge in [0.15, 0.2) is 0 Å². The molecule has 0 aromatic heterocycles. The normalized spacial score (nSPS) is 38.8. The van der Waals surface area contributed by atoms with Gasteiger partial charge in [0, 0.05) is 0 Å². The van der Waals surface area contributed by atoms with Gasteiger partial charge in [-0.05, 0) is 57.3 Å². The van der Waals surface area contributed by atoms with E-state index in [4.69, 9.17) is 0 Å². The van der Waals surface area contributed by atoms with Gasteiger partial charge in [-0.25, -0.2) is 0 Å². The predicted octanol–water partition coefficient (Wildman–Crippen LogP) is 3.26. The Hall–Kier alpha value is -0.550. The largest absolute Gasteiger partial charge is 0.388 e. The van der Waals surface area contributed by atoms with E-state index in [1.54, 1.807) is 0 Å². The van der Waals surface area contributed by atoms with Crippen LogP contribution in [0.5, 0.6) is 0 Å². The molecule has 3 atom stereocenters. The summed E-state index contributed by atoms with van der Waals surface area (Å²) in [7, 11) is 0. The molecule has 0 saturated heterocycles. The van der Waals surface area contributed by atoms with Gasteiger partial charge < -0.3 is 5.11 Å². The first-order valence-electron chi connectivity index (χ1n) is 6.68. The average molecular weight is 221 g/mol. The lowest BCUT2D eigenvalue weighted by atomic mass is 9.62. The van der Waals surface area contributed by atoms with Gasteiger partial charge in [-0.15, -0.1) is 0 Å². The van der Waals surface area contributed by atoms with Gasteiger partial charge in [-0.1, -0.05) is 13.3 Å². The summed E-state index contributed by atoms with van der Waals surface area (Å²) >= 11 is 0. The molecule has 0 aromatic carbocycles. The Morgan fingerprint density at radius 3 is 2.56 bits per heavy atom. The first-order valence-corrected chi connectivity index (χ1v) is 6.68. The van der Waals surface area contributed by atoms with Gasteiger partial charge in [0.1, 0.15) is 0 Å². The zero-order valence-electron chi connectivity index (χ0n) is 10.5. The van der Waals surface area contributed by atoms with E-state index >= 15 is 0 Å². The van der Waals surface area contributed by atoms with Gasteiger partial charge >= 0.3 is 0 Å². The van der Waals surface area contributed by atoms with Crippen LogP contribution in [0.2, 0.25) is 0 Å². The number of aliphatic hydroxyl groups is 1. The second kappa shape index (κ2) is 4.04. The van der Waals surface area contributed by atoms with Crippen LogP contribution in [0.15, 0.2) is 0 Å². The van der Waals surface area contributed by atoms with Gasteiger partial charge in [0.05, 0.1) is 17.1 Å². The first kappa shape index (κ1) is 11.9. The van der Waals surface area contributed by atoms with Crippen molar-refractivity contribution in [3.05, 3.63) is 0 Å². The lowest BCUT2D eigenvalue weighted by molar-refractivity contribution is -0.0934. The van der Waals surface area contributed by atoms with Crippen molar-refractivity contribution in [2.24, 2.45) is 17.3 Å². The fourth-order valence-electron chi connectivity index (χ4n) is 3.28. The fourth-order valence-corrected chi connectivity index (χ4v) is 3.28. The van der Waals surface area contributed by atoms with E-state index in [0.717, 1.165) is 31.6 Å². The van der Waals surface area contributed by atoms with Gasteiger partial charge in [0.25, 0.3) is 0 Å². The van der Waals surface area contributed by atoms with Crippen molar-refractivity contribution in [3.63, 3.8) is 0 Å². The van der Waals surface area contributed by atoms with E-state index < -0.39 is 11.0 Å². The number of hydrogen-bond donors (Lipinski definition) is 1. The van der Waals surface area contributed by atoms with Crippen molar-refractivity contribution in [1.82, 2.24) is 0 Å². The number of nitrogens with zero attached hydrogens (tertiary/aromatic N) is 1. The molecule has 0 amide bonds. The maximum Gasteiger partial charge on any atom is 0.0833 e. The highest BCUT2D eigenvalue weighted by Gasteiger charge is 2.50. The Bertz CT molecular complexity index is 304. The summed E-state index contributed by atoms with van der Waals surface area (Å²) in [5.41, 5.74) is -1.29. The molecular weight excluding hydrogens is 198 g/mol. The minimum absolute atomic E-state index is 0.555. The van der Waals surface area contributed by atoms with Crippen LogP contribution in [0.1, 0.15) is 58.8 Å². The van der Waals surface area contributed by atoms with Crippen molar-refractivity contribution >= 4 is 0 Å². The van der Waals surface area contributed by atoms with E-state index in [1.807, 2.05) is 13.8 Å². The molecule has 0 bridgehead atoms. The number of rotatable bonds is 3. The highest BCUT2D eigenvalue weighted by Crippen LogP contribution is 2.51. The zero-order valence-corrected chi connectivity index (χ0v) is 10.5. The molecule has 16 heavy (non-hydrogen) atoms. The van der Waals surface area contributed by atoms with E-state index in [9.17, 15) is 10.4 Å². The van der Waals surface area contributed by atoms with Crippen LogP contribution >= 0.6 is 0 Å². The summed E-state index contributed by atoms with van der Waals surface area (Å²) in [5, 5.41) is 20.1. The van der Waals surface area contributed by atoms with Crippen molar-refractivity contribution < 1.29 is 5.11 Å². The zero-order chi connectivity index (χ0) is 11.8. The molecule has 0 aliphatic heterocycles. The molecule has 2 nitrogen and oxygen atoms in total. The lowest BCUT2D eigenvalue weighted by Crippen LogP contribution is -2.49. The molecule has 1 N–H and O–H groups in total. The summed E-state index contributed by atoms with van der Waals surface area (Å²) in [6.45, 7) is 3.95. The second-order valence-corrected chi connectivity index (χ2v) is 6.02. The maximum absolute atomic E-state index is 10.8. The van der Waals surface area contributed by atoms with Crippen molar-refractivity contribution in [2.45, 2.75) is 64.4 Å². The Morgan fingerprint density at radius 2 is 2.06 bits per heavy atom. The van der Waals surface area contributed by atoms with Crippen LogP contribution < -0.4 is 0 Å². The SMILES string of the molecule is CCC(C)(C#N)C1(O)CCCC(C2CC2)C1. The summed E-state index contributed by atoms with van der Waals surface area (Å²) in [6, 6.07) is 2.37. The molecule has 0 aromatic rings. The van der Waals surface area contributed by atoms with Crippen molar-refractivity contribution in [3.8, 4) is 6.07 Å². The smallest absolute Gasteiger partial charge is 0.0833 e. The molecule has 2 aliphatic carbocycles. The highest BCUT2D eigenvalue weighted by molar-refractivity contribution is 5.10. The minimum atomic E-state index is -0.734. The molecule has 2 rings (SSSR count). The average Bonchev–Trinajstić information content (AvgIpc) is 3.11. The summed E-state index contributed by atoms with van der Waals surface area (Å²) in [5.74, 6) is 1.53. The number of hydrogen-bond acceptors (Lipinski definition) is 2. The fraction of sp³-hybridized carbons (Fsp3) is 0.929. The van der Waals surface area contributed by atoms with Crippen LogP contribution in [-0.4, -0.2) is 10.7 Å². The Kier molecular flexibility index (Phi) is 3.01. The van der Waals surface area contributed by atoms with Gasteiger partial charge in [-0.2, -0.15) is 5.26 Å². The second-order valence-electron chi connectivity index (χ2n) is 6.02. The molecular formula is C14H23NO. The van der Waals surface area contributed by atoms with Crippen molar-refractivity contribution in [1.29, 1.82) is 5.26 Å². The topological polar surface area (TPSA) is 44.0 Å². The molecule has 0 radical (unpaired) electrons. The van der Waals surface area contributed by atoms with Crippen LogP contribution in [0.4, 0.5) is 0 Å². The molecule has 0 spiro atoms. The van der Waals surface area contributed by atoms with Gasteiger partial charge in [0.2, 0.25) is 0 Å². The van der Waals surface area contributed by atoms with Crippen LogP contribution in [0.3, 0.4) is 0 Å². The highest BCUT2D eigenvalue weighted by atomic mass is 16.3.